The molecule has 0 saturated carbocycles. The van der Waals surface area contributed by atoms with E-state index in [2.05, 4.69) is 10.0 Å². The van der Waals surface area contributed by atoms with Crippen LogP contribution in [0.1, 0.15) is 5.56 Å². The summed E-state index contributed by atoms with van der Waals surface area (Å²) in [4.78, 5) is 0.181. The number of sulfonamides is 1. The lowest BCUT2D eigenvalue weighted by Gasteiger charge is -2.13. The fraction of sp³-hybridized carbons (Fsp3) is 0.143. The van der Waals surface area contributed by atoms with Crippen LogP contribution in [0.4, 0.5) is 11.4 Å². The highest BCUT2D eigenvalue weighted by molar-refractivity contribution is 7.92. The smallest absolute Gasteiger partial charge is 0.263 e. The molecule has 2 aromatic rings. The fourth-order valence-electron chi connectivity index (χ4n) is 1.82. The Balaban J connectivity index is 2.43. The molecular formula is C14H15ClN2O2S. The lowest BCUT2D eigenvalue weighted by molar-refractivity contribution is 0.601. The van der Waals surface area contributed by atoms with Crippen LogP contribution in [0.15, 0.2) is 47.4 Å². The molecule has 2 rings (SSSR count). The van der Waals surface area contributed by atoms with Crippen molar-refractivity contribution in [2.24, 2.45) is 0 Å². The number of nitrogens with one attached hydrogen (secondary N) is 2. The lowest BCUT2D eigenvalue weighted by atomic mass is 10.2. The van der Waals surface area contributed by atoms with Gasteiger partial charge in [0, 0.05) is 7.05 Å². The average molecular weight is 311 g/mol. The summed E-state index contributed by atoms with van der Waals surface area (Å²) in [5.74, 6) is 0. The highest BCUT2D eigenvalue weighted by atomic mass is 35.5. The van der Waals surface area contributed by atoms with Gasteiger partial charge in [-0.2, -0.15) is 0 Å². The Labute approximate surface area is 123 Å². The molecule has 106 valence electrons. The van der Waals surface area contributed by atoms with Gasteiger partial charge < -0.3 is 5.32 Å². The van der Waals surface area contributed by atoms with Gasteiger partial charge in [-0.15, -0.1) is 0 Å². The van der Waals surface area contributed by atoms with Gasteiger partial charge in [-0.05, 0) is 36.8 Å². The average Bonchev–Trinajstić information content (AvgIpc) is 2.42. The minimum absolute atomic E-state index is 0.181. The number of hydrogen-bond acceptors (Lipinski definition) is 3. The summed E-state index contributed by atoms with van der Waals surface area (Å²) >= 11 is 6.02. The molecule has 0 atom stereocenters. The highest BCUT2D eigenvalue weighted by Gasteiger charge is 2.18. The van der Waals surface area contributed by atoms with E-state index < -0.39 is 10.0 Å². The van der Waals surface area contributed by atoms with Gasteiger partial charge in [0.2, 0.25) is 0 Å². The summed E-state index contributed by atoms with van der Waals surface area (Å²) in [5.41, 5.74) is 1.83. The van der Waals surface area contributed by atoms with Crippen LogP contribution in [0.3, 0.4) is 0 Å². The largest absolute Gasteiger partial charge is 0.387 e. The van der Waals surface area contributed by atoms with E-state index in [4.69, 9.17) is 11.6 Å². The minimum Gasteiger partial charge on any atom is -0.387 e. The van der Waals surface area contributed by atoms with Crippen LogP contribution in [-0.4, -0.2) is 15.5 Å². The monoisotopic (exact) mass is 310 g/mol. The number of para-hydroxylation sites is 1. The van der Waals surface area contributed by atoms with Crippen molar-refractivity contribution in [3.05, 3.63) is 53.1 Å². The van der Waals surface area contributed by atoms with Gasteiger partial charge in [-0.3, -0.25) is 4.72 Å². The third-order valence-corrected chi connectivity index (χ3v) is 4.57. The zero-order chi connectivity index (χ0) is 14.8. The maximum Gasteiger partial charge on any atom is 0.263 e. The Morgan fingerprint density at radius 1 is 1.05 bits per heavy atom. The first kappa shape index (κ1) is 14.7. The molecule has 0 spiro atoms. The summed E-state index contributed by atoms with van der Waals surface area (Å²) in [7, 11) is -2.02. The number of anilines is 2. The van der Waals surface area contributed by atoms with Gasteiger partial charge in [-0.25, -0.2) is 8.42 Å². The minimum atomic E-state index is -3.69. The highest BCUT2D eigenvalue weighted by Crippen LogP contribution is 2.28. The van der Waals surface area contributed by atoms with Crippen LogP contribution in [0.25, 0.3) is 0 Å². The van der Waals surface area contributed by atoms with E-state index in [0.717, 1.165) is 5.56 Å². The summed E-state index contributed by atoms with van der Waals surface area (Å²) < 4.78 is 27.4. The Bertz CT molecular complexity index is 730. The molecule has 2 N–H and O–H groups in total. The van der Waals surface area contributed by atoms with E-state index in [0.29, 0.717) is 16.4 Å². The van der Waals surface area contributed by atoms with Crippen molar-refractivity contribution < 1.29 is 8.42 Å². The number of benzene rings is 2. The molecule has 0 bridgehead atoms. The quantitative estimate of drug-likeness (QED) is 0.909. The molecule has 0 unspecified atom stereocenters. The Kier molecular flexibility index (Phi) is 4.20. The molecule has 0 aliphatic rings. The Morgan fingerprint density at radius 2 is 1.75 bits per heavy atom. The molecule has 0 aliphatic heterocycles. The van der Waals surface area contributed by atoms with E-state index >= 15 is 0 Å². The first-order chi connectivity index (χ1) is 9.44. The van der Waals surface area contributed by atoms with Crippen molar-refractivity contribution in [3.63, 3.8) is 0 Å². The first-order valence-corrected chi connectivity index (χ1v) is 7.86. The maximum absolute atomic E-state index is 12.4. The standard InChI is InChI=1S/C14H15ClN2O2S/c1-10-7-8-11(15)13(9-10)17-20(18,19)14-6-4-3-5-12(14)16-2/h3-9,16-17H,1-2H3. The molecule has 0 aliphatic carbocycles. The van der Waals surface area contributed by atoms with Gasteiger partial charge >= 0.3 is 0 Å². The lowest BCUT2D eigenvalue weighted by Crippen LogP contribution is -2.15. The number of aryl methyl sites for hydroxylation is 1. The summed E-state index contributed by atoms with van der Waals surface area (Å²) in [6.45, 7) is 1.87. The third-order valence-electron chi connectivity index (χ3n) is 2.81. The maximum atomic E-state index is 12.4. The molecule has 0 fully saturated rings. The fourth-order valence-corrected chi connectivity index (χ4v) is 3.33. The van der Waals surface area contributed by atoms with Crippen LogP contribution in [0, 0.1) is 6.92 Å². The van der Waals surface area contributed by atoms with Crippen molar-refractivity contribution in [3.8, 4) is 0 Å². The number of halogens is 1. The molecule has 0 amide bonds. The van der Waals surface area contributed by atoms with E-state index in [1.165, 1.54) is 6.07 Å². The Hall–Kier alpha value is -1.72. The second-order valence-corrected chi connectivity index (χ2v) is 6.39. The zero-order valence-corrected chi connectivity index (χ0v) is 12.7. The topological polar surface area (TPSA) is 58.2 Å². The molecular weight excluding hydrogens is 296 g/mol. The van der Waals surface area contributed by atoms with Crippen LogP contribution < -0.4 is 10.0 Å². The van der Waals surface area contributed by atoms with Crippen molar-refractivity contribution in [1.82, 2.24) is 0 Å². The molecule has 0 saturated heterocycles. The predicted octanol–water partition coefficient (Wildman–Crippen LogP) is 3.49. The van der Waals surface area contributed by atoms with Gasteiger partial charge in [0.25, 0.3) is 10.0 Å². The van der Waals surface area contributed by atoms with Gasteiger partial charge in [0.1, 0.15) is 4.90 Å². The molecule has 0 aromatic heterocycles. The molecule has 0 heterocycles. The van der Waals surface area contributed by atoms with E-state index in [9.17, 15) is 8.42 Å². The molecule has 4 nitrogen and oxygen atoms in total. The predicted molar refractivity (Wildman–Crippen MR) is 83.0 cm³/mol. The molecule has 0 radical (unpaired) electrons. The van der Waals surface area contributed by atoms with E-state index in [1.807, 2.05) is 13.0 Å². The van der Waals surface area contributed by atoms with Crippen molar-refractivity contribution in [2.45, 2.75) is 11.8 Å². The molecule has 6 heteroatoms. The van der Waals surface area contributed by atoms with Gasteiger partial charge in [0.15, 0.2) is 0 Å². The summed E-state index contributed by atoms with van der Waals surface area (Å²) in [6, 6.07) is 11.9. The van der Waals surface area contributed by atoms with Crippen LogP contribution >= 0.6 is 11.6 Å². The van der Waals surface area contributed by atoms with Crippen LogP contribution in [-0.2, 0) is 10.0 Å². The molecule has 2 aromatic carbocycles. The van der Waals surface area contributed by atoms with E-state index in [-0.39, 0.29) is 4.90 Å². The van der Waals surface area contributed by atoms with Gasteiger partial charge in [0.05, 0.1) is 16.4 Å². The van der Waals surface area contributed by atoms with Crippen molar-refractivity contribution in [2.75, 3.05) is 17.1 Å². The second kappa shape index (κ2) is 5.73. The van der Waals surface area contributed by atoms with Crippen LogP contribution in [0.5, 0.6) is 0 Å². The van der Waals surface area contributed by atoms with Crippen LogP contribution in [0.2, 0.25) is 5.02 Å². The third kappa shape index (κ3) is 3.05. The van der Waals surface area contributed by atoms with Crippen molar-refractivity contribution >= 4 is 33.0 Å². The normalized spacial score (nSPS) is 11.2. The number of hydrogen-bond donors (Lipinski definition) is 2. The van der Waals surface area contributed by atoms with Gasteiger partial charge in [-0.1, -0.05) is 29.8 Å². The second-order valence-electron chi connectivity index (χ2n) is 4.33. The summed E-state index contributed by atoms with van der Waals surface area (Å²) in [5, 5.41) is 3.22. The zero-order valence-electron chi connectivity index (χ0n) is 11.1. The van der Waals surface area contributed by atoms with Crippen molar-refractivity contribution in [1.29, 1.82) is 0 Å². The number of rotatable bonds is 4. The van der Waals surface area contributed by atoms with E-state index in [1.54, 1.807) is 37.4 Å². The SMILES string of the molecule is CNc1ccccc1S(=O)(=O)Nc1cc(C)ccc1Cl. The molecule has 20 heavy (non-hydrogen) atoms. The summed E-state index contributed by atoms with van der Waals surface area (Å²) in [6.07, 6.45) is 0. The first-order valence-electron chi connectivity index (χ1n) is 6.00. The Morgan fingerprint density at radius 3 is 2.45 bits per heavy atom.